The van der Waals surface area contributed by atoms with E-state index in [1.807, 2.05) is 25.1 Å². The van der Waals surface area contributed by atoms with Crippen molar-refractivity contribution in [3.8, 4) is 5.75 Å². The van der Waals surface area contributed by atoms with Crippen molar-refractivity contribution < 1.29 is 9.53 Å². The zero-order chi connectivity index (χ0) is 11.7. The fourth-order valence-electron chi connectivity index (χ4n) is 1.95. The van der Waals surface area contributed by atoms with Gasteiger partial charge in [0, 0.05) is 18.7 Å². The van der Waals surface area contributed by atoms with Gasteiger partial charge in [0.05, 0.1) is 12.5 Å². The lowest BCUT2D eigenvalue weighted by Gasteiger charge is -2.18. The standard InChI is InChI=1S/C12H14ClNO2/c1-8-5-10(16-2)3-4-11(8)14-7-9(13)6-12(14)15/h3-5,9H,6-7H2,1-2H3. The minimum Gasteiger partial charge on any atom is -0.497 e. The molecule has 0 aliphatic carbocycles. The second-order valence-corrected chi connectivity index (χ2v) is 4.58. The third-order valence-electron chi connectivity index (χ3n) is 2.77. The molecule has 1 aromatic carbocycles. The van der Waals surface area contributed by atoms with Crippen molar-refractivity contribution in [2.75, 3.05) is 18.6 Å². The summed E-state index contributed by atoms with van der Waals surface area (Å²) in [5.41, 5.74) is 1.95. The number of halogens is 1. The van der Waals surface area contributed by atoms with E-state index in [4.69, 9.17) is 16.3 Å². The van der Waals surface area contributed by atoms with Crippen LogP contribution in [0.15, 0.2) is 18.2 Å². The van der Waals surface area contributed by atoms with Gasteiger partial charge in [0.1, 0.15) is 5.75 Å². The average molecular weight is 240 g/mol. The van der Waals surface area contributed by atoms with Crippen LogP contribution >= 0.6 is 11.6 Å². The van der Waals surface area contributed by atoms with E-state index in [0.717, 1.165) is 17.0 Å². The number of carbonyl (C=O) groups excluding carboxylic acids is 1. The number of methoxy groups -OCH3 is 1. The number of anilines is 1. The topological polar surface area (TPSA) is 29.5 Å². The Morgan fingerprint density at radius 2 is 2.25 bits per heavy atom. The maximum atomic E-state index is 11.7. The highest BCUT2D eigenvalue weighted by Crippen LogP contribution is 2.29. The number of hydrogen-bond acceptors (Lipinski definition) is 2. The molecule has 3 nitrogen and oxygen atoms in total. The number of rotatable bonds is 2. The Balaban J connectivity index is 2.30. The van der Waals surface area contributed by atoms with Crippen molar-refractivity contribution in [3.63, 3.8) is 0 Å². The first kappa shape index (κ1) is 11.3. The maximum Gasteiger partial charge on any atom is 0.228 e. The van der Waals surface area contributed by atoms with E-state index in [9.17, 15) is 4.79 Å². The van der Waals surface area contributed by atoms with Crippen molar-refractivity contribution in [3.05, 3.63) is 23.8 Å². The van der Waals surface area contributed by atoms with Gasteiger partial charge in [0.25, 0.3) is 0 Å². The first-order valence-electron chi connectivity index (χ1n) is 5.21. The predicted octanol–water partition coefficient (Wildman–Crippen LogP) is 2.35. The van der Waals surface area contributed by atoms with E-state index < -0.39 is 0 Å². The quantitative estimate of drug-likeness (QED) is 0.742. The van der Waals surface area contributed by atoms with Gasteiger partial charge in [-0.05, 0) is 30.7 Å². The van der Waals surface area contributed by atoms with Crippen molar-refractivity contribution in [1.29, 1.82) is 0 Å². The molecule has 1 unspecified atom stereocenters. The molecule has 2 rings (SSSR count). The Bertz CT molecular complexity index is 419. The Morgan fingerprint density at radius 1 is 1.50 bits per heavy atom. The highest BCUT2D eigenvalue weighted by atomic mass is 35.5. The molecule has 1 saturated heterocycles. The number of aryl methyl sites for hydroxylation is 1. The first-order valence-corrected chi connectivity index (χ1v) is 5.64. The van der Waals surface area contributed by atoms with Gasteiger partial charge >= 0.3 is 0 Å². The zero-order valence-electron chi connectivity index (χ0n) is 9.37. The Morgan fingerprint density at radius 3 is 2.75 bits per heavy atom. The number of ether oxygens (including phenoxy) is 1. The van der Waals surface area contributed by atoms with Crippen molar-refractivity contribution in [2.45, 2.75) is 18.7 Å². The summed E-state index contributed by atoms with van der Waals surface area (Å²) in [6.07, 6.45) is 0.424. The summed E-state index contributed by atoms with van der Waals surface area (Å²) in [5, 5.41) is -0.0750. The van der Waals surface area contributed by atoms with E-state index in [-0.39, 0.29) is 11.3 Å². The summed E-state index contributed by atoms with van der Waals surface area (Å²) in [4.78, 5) is 13.4. The van der Waals surface area contributed by atoms with Crippen LogP contribution in [-0.2, 0) is 4.79 Å². The third kappa shape index (κ3) is 2.00. The summed E-state index contributed by atoms with van der Waals surface area (Å²) in [7, 11) is 1.63. The summed E-state index contributed by atoms with van der Waals surface area (Å²) in [5.74, 6) is 0.892. The van der Waals surface area contributed by atoms with Gasteiger partial charge in [-0.15, -0.1) is 11.6 Å². The molecule has 0 radical (unpaired) electrons. The van der Waals surface area contributed by atoms with Crippen molar-refractivity contribution in [2.24, 2.45) is 0 Å². The number of hydrogen-bond donors (Lipinski definition) is 0. The highest BCUT2D eigenvalue weighted by Gasteiger charge is 2.29. The van der Waals surface area contributed by atoms with E-state index in [1.165, 1.54) is 0 Å². The number of amides is 1. The van der Waals surface area contributed by atoms with Crippen LogP contribution in [0.1, 0.15) is 12.0 Å². The van der Waals surface area contributed by atoms with Crippen LogP contribution in [0.5, 0.6) is 5.75 Å². The zero-order valence-corrected chi connectivity index (χ0v) is 10.1. The smallest absolute Gasteiger partial charge is 0.228 e. The molecule has 1 amide bonds. The monoisotopic (exact) mass is 239 g/mol. The lowest BCUT2D eigenvalue weighted by Crippen LogP contribution is -2.25. The van der Waals surface area contributed by atoms with Crippen molar-refractivity contribution in [1.82, 2.24) is 0 Å². The molecular formula is C12H14ClNO2. The fraction of sp³-hybridized carbons (Fsp3) is 0.417. The van der Waals surface area contributed by atoms with E-state index in [2.05, 4.69) is 0 Å². The Hall–Kier alpha value is -1.22. The van der Waals surface area contributed by atoms with Gasteiger partial charge in [-0.1, -0.05) is 0 Å². The molecule has 1 atom stereocenters. The lowest BCUT2D eigenvalue weighted by molar-refractivity contribution is -0.117. The molecule has 1 aliphatic rings. The van der Waals surface area contributed by atoms with E-state index in [0.29, 0.717) is 13.0 Å². The molecule has 1 fully saturated rings. The van der Waals surface area contributed by atoms with Gasteiger partial charge in [0.2, 0.25) is 5.91 Å². The highest BCUT2D eigenvalue weighted by molar-refractivity contribution is 6.24. The molecule has 4 heteroatoms. The van der Waals surface area contributed by atoms with Gasteiger partial charge in [-0.25, -0.2) is 0 Å². The summed E-state index contributed by atoms with van der Waals surface area (Å²) >= 11 is 5.98. The van der Waals surface area contributed by atoms with Gasteiger partial charge in [-0.2, -0.15) is 0 Å². The molecule has 16 heavy (non-hydrogen) atoms. The normalized spacial score (nSPS) is 20.3. The average Bonchev–Trinajstić information content (AvgIpc) is 2.57. The molecule has 0 aromatic heterocycles. The van der Waals surface area contributed by atoms with Crippen LogP contribution in [-0.4, -0.2) is 24.9 Å². The molecule has 1 aliphatic heterocycles. The predicted molar refractivity (Wildman–Crippen MR) is 64.3 cm³/mol. The van der Waals surface area contributed by atoms with Crippen LogP contribution in [0.2, 0.25) is 0 Å². The molecule has 1 aromatic rings. The molecule has 0 saturated carbocycles. The molecule has 0 N–H and O–H groups in total. The molecular weight excluding hydrogens is 226 g/mol. The van der Waals surface area contributed by atoms with Crippen LogP contribution in [0.4, 0.5) is 5.69 Å². The van der Waals surface area contributed by atoms with Gasteiger partial charge < -0.3 is 9.64 Å². The molecule has 1 heterocycles. The number of alkyl halides is 1. The van der Waals surface area contributed by atoms with Crippen molar-refractivity contribution >= 4 is 23.2 Å². The minimum absolute atomic E-state index is 0.0750. The second-order valence-electron chi connectivity index (χ2n) is 3.96. The number of carbonyl (C=O) groups is 1. The van der Waals surface area contributed by atoms with Gasteiger partial charge in [0.15, 0.2) is 0 Å². The Labute approximate surface area is 100.0 Å². The molecule has 0 bridgehead atoms. The molecule has 86 valence electrons. The number of nitrogens with zero attached hydrogens (tertiary/aromatic N) is 1. The molecule has 0 spiro atoms. The van der Waals surface area contributed by atoms with E-state index >= 15 is 0 Å². The first-order chi connectivity index (χ1) is 7.61. The Kier molecular flexibility index (Phi) is 3.06. The summed E-state index contributed by atoms with van der Waals surface area (Å²) in [6, 6.07) is 5.68. The lowest BCUT2D eigenvalue weighted by atomic mass is 10.1. The SMILES string of the molecule is COc1ccc(N2CC(Cl)CC2=O)c(C)c1. The minimum atomic E-state index is -0.0750. The summed E-state index contributed by atoms with van der Waals surface area (Å²) in [6.45, 7) is 2.56. The third-order valence-corrected chi connectivity index (χ3v) is 3.06. The van der Waals surface area contributed by atoms with Gasteiger partial charge in [-0.3, -0.25) is 4.79 Å². The maximum absolute atomic E-state index is 11.7. The second kappa shape index (κ2) is 4.34. The van der Waals surface area contributed by atoms with Crippen LogP contribution in [0, 0.1) is 6.92 Å². The van der Waals surface area contributed by atoms with Crippen LogP contribution in [0.25, 0.3) is 0 Å². The van der Waals surface area contributed by atoms with Crippen LogP contribution < -0.4 is 9.64 Å². The fourth-order valence-corrected chi connectivity index (χ4v) is 2.22. The van der Waals surface area contributed by atoms with E-state index in [1.54, 1.807) is 12.0 Å². The van der Waals surface area contributed by atoms with Crippen LogP contribution in [0.3, 0.4) is 0 Å². The number of benzene rings is 1. The largest absolute Gasteiger partial charge is 0.497 e. The summed E-state index contributed by atoms with van der Waals surface area (Å²) < 4.78 is 5.13.